The molecule has 174 valence electrons. The fourth-order valence-corrected chi connectivity index (χ4v) is 3.85. The van der Waals surface area contributed by atoms with Crippen LogP contribution in [0, 0.1) is 6.92 Å². The number of ether oxygens (including phenoxy) is 1. The third kappa shape index (κ3) is 4.61. The average Bonchev–Trinajstić information content (AvgIpc) is 3.47. The maximum atomic E-state index is 13.4. The molecule has 1 aliphatic heterocycles. The highest BCUT2D eigenvalue weighted by molar-refractivity contribution is 6.23. The number of aryl methyl sites for hydroxylation is 1. The van der Waals surface area contributed by atoms with Crippen molar-refractivity contribution in [2.24, 2.45) is 0 Å². The molecule has 0 aliphatic carbocycles. The Morgan fingerprint density at radius 1 is 1.06 bits per heavy atom. The molecule has 1 unspecified atom stereocenters. The smallest absolute Gasteiger partial charge is 0.338 e. The minimum absolute atomic E-state index is 0.0876. The lowest BCUT2D eigenvalue weighted by Crippen LogP contribution is -2.45. The van der Waals surface area contributed by atoms with Crippen molar-refractivity contribution in [3.8, 4) is 0 Å². The molecule has 1 atom stereocenters. The molecule has 3 amide bonds. The first-order valence-electron chi connectivity index (χ1n) is 10.9. The number of furan rings is 1. The van der Waals surface area contributed by atoms with Crippen LogP contribution in [0.2, 0.25) is 0 Å². The summed E-state index contributed by atoms with van der Waals surface area (Å²) in [6.07, 6.45) is 1.23. The number of hydrogen-bond donors (Lipinski definition) is 0. The molecule has 1 aliphatic rings. The summed E-state index contributed by atoms with van der Waals surface area (Å²) in [5.74, 6) is -1.82. The molecular weight excluding hydrogens is 436 g/mol. The first-order chi connectivity index (χ1) is 16.4. The molecule has 1 saturated heterocycles. The van der Waals surface area contributed by atoms with E-state index in [0.29, 0.717) is 11.3 Å². The quantitative estimate of drug-likeness (QED) is 0.394. The Kier molecular flexibility index (Phi) is 6.58. The number of carbonyl (C=O) groups is 4. The van der Waals surface area contributed by atoms with Gasteiger partial charge in [-0.1, -0.05) is 29.8 Å². The second kappa shape index (κ2) is 9.74. The zero-order valence-corrected chi connectivity index (χ0v) is 18.9. The van der Waals surface area contributed by atoms with Gasteiger partial charge in [0.1, 0.15) is 6.04 Å². The largest absolute Gasteiger partial charge is 0.462 e. The van der Waals surface area contributed by atoms with Crippen LogP contribution in [0.25, 0.3) is 0 Å². The van der Waals surface area contributed by atoms with E-state index in [1.54, 1.807) is 13.0 Å². The second-order valence-electron chi connectivity index (χ2n) is 7.95. The van der Waals surface area contributed by atoms with Gasteiger partial charge in [-0.15, -0.1) is 0 Å². The van der Waals surface area contributed by atoms with Crippen molar-refractivity contribution >= 4 is 29.4 Å². The van der Waals surface area contributed by atoms with Gasteiger partial charge in [0.25, 0.3) is 11.8 Å². The Morgan fingerprint density at radius 2 is 1.76 bits per heavy atom. The summed E-state index contributed by atoms with van der Waals surface area (Å²) >= 11 is 0. The van der Waals surface area contributed by atoms with Gasteiger partial charge in [-0.2, -0.15) is 0 Å². The van der Waals surface area contributed by atoms with E-state index in [9.17, 15) is 19.2 Å². The fourth-order valence-electron chi connectivity index (χ4n) is 3.85. The third-order valence-corrected chi connectivity index (χ3v) is 5.60. The number of rotatable bonds is 7. The summed E-state index contributed by atoms with van der Waals surface area (Å²) in [4.78, 5) is 53.8. The number of carbonyl (C=O) groups excluding carboxylic acids is 4. The summed E-state index contributed by atoms with van der Waals surface area (Å²) in [6.45, 7) is 4.05. The highest BCUT2D eigenvalue weighted by Crippen LogP contribution is 2.28. The first kappa shape index (κ1) is 23.0. The summed E-state index contributed by atoms with van der Waals surface area (Å²) in [7, 11) is 0. The van der Waals surface area contributed by atoms with E-state index in [4.69, 9.17) is 9.15 Å². The van der Waals surface area contributed by atoms with Crippen LogP contribution >= 0.6 is 0 Å². The zero-order valence-electron chi connectivity index (χ0n) is 18.9. The number of benzene rings is 2. The number of anilines is 1. The van der Waals surface area contributed by atoms with Crippen LogP contribution < -0.4 is 4.90 Å². The van der Waals surface area contributed by atoms with Gasteiger partial charge in [0, 0.05) is 6.54 Å². The average molecular weight is 460 g/mol. The predicted molar refractivity (Wildman–Crippen MR) is 123 cm³/mol. The standard InChI is InChI=1S/C26H24N2O6/c1-3-33-26(32)19-10-12-20(13-11-19)28-23(29)15-21(24(28)30)27(25(31)22-5-4-14-34-22)16-18-8-6-17(2)7-9-18/h4-14,21H,3,15-16H2,1-2H3. The maximum Gasteiger partial charge on any atom is 0.338 e. The molecule has 34 heavy (non-hydrogen) atoms. The van der Waals surface area contributed by atoms with Gasteiger partial charge in [0.15, 0.2) is 5.76 Å². The van der Waals surface area contributed by atoms with Crippen molar-refractivity contribution in [1.29, 1.82) is 0 Å². The molecule has 2 heterocycles. The topological polar surface area (TPSA) is 97.1 Å². The van der Waals surface area contributed by atoms with Gasteiger partial charge in [-0.05, 0) is 55.8 Å². The van der Waals surface area contributed by atoms with Crippen LogP contribution in [0.5, 0.6) is 0 Å². The Hall–Kier alpha value is -4.20. The van der Waals surface area contributed by atoms with Crippen molar-refractivity contribution in [2.75, 3.05) is 11.5 Å². The molecule has 0 bridgehead atoms. The SMILES string of the molecule is CCOC(=O)c1ccc(N2C(=O)CC(N(Cc3ccc(C)cc3)C(=O)c3ccco3)C2=O)cc1. The van der Waals surface area contributed by atoms with Crippen LogP contribution in [0.3, 0.4) is 0 Å². The van der Waals surface area contributed by atoms with Gasteiger partial charge in [-0.3, -0.25) is 14.4 Å². The lowest BCUT2D eigenvalue weighted by molar-refractivity contribution is -0.122. The monoisotopic (exact) mass is 460 g/mol. The molecule has 4 rings (SSSR count). The molecule has 1 aromatic heterocycles. The van der Waals surface area contributed by atoms with E-state index in [2.05, 4.69) is 0 Å². The number of nitrogens with zero attached hydrogens (tertiary/aromatic N) is 2. The van der Waals surface area contributed by atoms with Crippen LogP contribution in [0.15, 0.2) is 71.3 Å². The maximum absolute atomic E-state index is 13.4. The lowest BCUT2D eigenvalue weighted by Gasteiger charge is -2.27. The molecular formula is C26H24N2O6. The van der Waals surface area contributed by atoms with Crippen LogP contribution in [0.1, 0.15) is 45.4 Å². The fraction of sp³-hybridized carbons (Fsp3) is 0.231. The molecule has 0 N–H and O–H groups in total. The van der Waals surface area contributed by atoms with E-state index in [1.807, 2.05) is 31.2 Å². The number of esters is 1. The lowest BCUT2D eigenvalue weighted by atomic mass is 10.1. The van der Waals surface area contributed by atoms with Gasteiger partial charge in [0.2, 0.25) is 5.91 Å². The Balaban J connectivity index is 1.61. The molecule has 0 radical (unpaired) electrons. The number of amides is 3. The summed E-state index contributed by atoms with van der Waals surface area (Å²) in [6, 6.07) is 15.8. The number of hydrogen-bond acceptors (Lipinski definition) is 6. The molecule has 1 fully saturated rings. The third-order valence-electron chi connectivity index (χ3n) is 5.60. The highest BCUT2D eigenvalue weighted by Gasteiger charge is 2.45. The van der Waals surface area contributed by atoms with Crippen molar-refractivity contribution in [3.05, 3.63) is 89.4 Å². The van der Waals surface area contributed by atoms with E-state index < -0.39 is 29.7 Å². The van der Waals surface area contributed by atoms with E-state index in [1.165, 1.54) is 41.5 Å². The summed E-state index contributed by atoms with van der Waals surface area (Å²) < 4.78 is 10.2. The molecule has 8 heteroatoms. The number of imide groups is 1. The minimum Gasteiger partial charge on any atom is -0.462 e. The summed E-state index contributed by atoms with van der Waals surface area (Å²) in [5, 5.41) is 0. The normalized spacial score (nSPS) is 15.5. The van der Waals surface area contributed by atoms with Gasteiger partial charge in [-0.25, -0.2) is 9.69 Å². The van der Waals surface area contributed by atoms with E-state index >= 15 is 0 Å². The Labute approximate surface area is 196 Å². The molecule has 3 aromatic rings. The van der Waals surface area contributed by atoms with E-state index in [0.717, 1.165) is 16.0 Å². The molecule has 0 spiro atoms. The van der Waals surface area contributed by atoms with Crippen molar-refractivity contribution in [3.63, 3.8) is 0 Å². The van der Waals surface area contributed by atoms with Crippen molar-refractivity contribution in [1.82, 2.24) is 4.90 Å². The van der Waals surface area contributed by atoms with E-state index in [-0.39, 0.29) is 25.3 Å². The van der Waals surface area contributed by atoms with Gasteiger partial charge < -0.3 is 14.1 Å². The van der Waals surface area contributed by atoms with Crippen molar-refractivity contribution in [2.45, 2.75) is 32.9 Å². The Morgan fingerprint density at radius 3 is 2.38 bits per heavy atom. The Bertz CT molecular complexity index is 1200. The second-order valence-corrected chi connectivity index (χ2v) is 7.95. The molecule has 0 saturated carbocycles. The van der Waals surface area contributed by atoms with Crippen LogP contribution in [0.4, 0.5) is 5.69 Å². The summed E-state index contributed by atoms with van der Waals surface area (Å²) in [5.41, 5.74) is 2.53. The highest BCUT2D eigenvalue weighted by atomic mass is 16.5. The van der Waals surface area contributed by atoms with Gasteiger partial charge in [0.05, 0.1) is 30.5 Å². The minimum atomic E-state index is -0.990. The van der Waals surface area contributed by atoms with Crippen LogP contribution in [-0.4, -0.2) is 41.2 Å². The first-order valence-corrected chi connectivity index (χ1v) is 10.9. The molecule has 2 aromatic carbocycles. The zero-order chi connectivity index (χ0) is 24.2. The molecule has 8 nitrogen and oxygen atoms in total. The van der Waals surface area contributed by atoms with Crippen molar-refractivity contribution < 1.29 is 28.3 Å². The van der Waals surface area contributed by atoms with Gasteiger partial charge >= 0.3 is 5.97 Å². The van der Waals surface area contributed by atoms with Crippen LogP contribution in [-0.2, 0) is 20.9 Å². The predicted octanol–water partition coefficient (Wildman–Crippen LogP) is 3.74.